The van der Waals surface area contributed by atoms with Gasteiger partial charge in [0.2, 0.25) is 0 Å². The monoisotopic (exact) mass is 435 g/mol. The van der Waals surface area contributed by atoms with Crippen LogP contribution < -0.4 is 0 Å². The van der Waals surface area contributed by atoms with Gasteiger partial charge >= 0.3 is 0 Å². The van der Waals surface area contributed by atoms with Gasteiger partial charge in [-0.15, -0.1) is 0 Å². The highest BCUT2D eigenvalue weighted by atomic mass is 35.5. The first kappa shape index (κ1) is 20.9. The highest BCUT2D eigenvalue weighted by molar-refractivity contribution is 6.30. The molecule has 1 N–H and O–H groups in total. The molecule has 1 atom stereocenters. The number of carbonyl (C=O) groups is 2. The summed E-state index contributed by atoms with van der Waals surface area (Å²) in [7, 11) is 0. The van der Waals surface area contributed by atoms with E-state index in [1.165, 1.54) is 0 Å². The third-order valence-corrected chi connectivity index (χ3v) is 5.67. The lowest BCUT2D eigenvalue weighted by Crippen LogP contribution is -2.32. The van der Waals surface area contributed by atoms with Crippen LogP contribution in [0.5, 0.6) is 0 Å². The quantitative estimate of drug-likeness (QED) is 0.554. The summed E-state index contributed by atoms with van der Waals surface area (Å²) in [5.41, 5.74) is 2.27. The number of benzene rings is 2. The van der Waals surface area contributed by atoms with Gasteiger partial charge in [-0.2, -0.15) is 0 Å². The number of rotatable bonds is 7. The number of nitrogens with zero attached hydrogens (tertiary/aromatic N) is 3. The molecule has 0 saturated carbocycles. The highest BCUT2D eigenvalue weighted by Gasteiger charge is 2.43. The van der Waals surface area contributed by atoms with Gasteiger partial charge in [-0.3, -0.25) is 9.59 Å². The third-order valence-electron chi connectivity index (χ3n) is 5.42. The van der Waals surface area contributed by atoms with E-state index < -0.39 is 17.7 Å². The first-order valence-electron chi connectivity index (χ1n) is 10.0. The summed E-state index contributed by atoms with van der Waals surface area (Å²) in [6.07, 6.45) is 5.91. The number of aliphatic hydroxyl groups is 1. The van der Waals surface area contributed by atoms with Gasteiger partial charge in [-0.1, -0.05) is 53.6 Å². The fraction of sp³-hybridized carbons (Fsp3) is 0.208. The molecule has 1 aliphatic rings. The van der Waals surface area contributed by atoms with E-state index in [2.05, 4.69) is 4.98 Å². The fourth-order valence-corrected chi connectivity index (χ4v) is 3.94. The van der Waals surface area contributed by atoms with Crippen LogP contribution in [0.2, 0.25) is 5.02 Å². The molecule has 0 fully saturated rings. The molecule has 1 unspecified atom stereocenters. The van der Waals surface area contributed by atoms with E-state index in [0.717, 1.165) is 11.1 Å². The summed E-state index contributed by atoms with van der Waals surface area (Å²) in [6, 6.07) is 13.4. The largest absolute Gasteiger partial charge is 0.503 e. The van der Waals surface area contributed by atoms with Crippen LogP contribution >= 0.6 is 11.6 Å². The number of aliphatic hydroxyl groups excluding tert-OH is 1. The average Bonchev–Trinajstić information content (AvgIpc) is 3.37. The van der Waals surface area contributed by atoms with Crippen LogP contribution in [0, 0.1) is 6.92 Å². The van der Waals surface area contributed by atoms with Crippen LogP contribution in [0.3, 0.4) is 0 Å². The molecule has 1 aromatic heterocycles. The smallest absolute Gasteiger partial charge is 0.290 e. The van der Waals surface area contributed by atoms with E-state index in [4.69, 9.17) is 11.6 Å². The van der Waals surface area contributed by atoms with E-state index in [0.29, 0.717) is 30.1 Å². The number of halogens is 1. The van der Waals surface area contributed by atoms with Crippen molar-refractivity contribution in [1.82, 2.24) is 14.5 Å². The first-order valence-corrected chi connectivity index (χ1v) is 10.4. The third kappa shape index (κ3) is 4.25. The minimum absolute atomic E-state index is 0.0961. The van der Waals surface area contributed by atoms with Crippen LogP contribution in [-0.2, 0) is 11.3 Å². The maximum Gasteiger partial charge on any atom is 0.290 e. The number of hydrogen-bond acceptors (Lipinski definition) is 4. The standard InChI is InChI=1S/C24H22ClN3O3/c1-16-3-5-18(6-4-16)22(29)20-21(17-7-9-19(25)10-8-17)28(24(31)23(20)30)13-2-12-27-14-11-26-15-27/h3-11,14-15,21,30H,2,12-13H2,1H3. The van der Waals surface area contributed by atoms with Gasteiger partial charge < -0.3 is 14.6 Å². The molecule has 4 rings (SSSR count). The molecule has 2 aromatic carbocycles. The van der Waals surface area contributed by atoms with Crippen molar-refractivity contribution < 1.29 is 14.7 Å². The topological polar surface area (TPSA) is 75.4 Å². The Hall–Kier alpha value is -3.38. The maximum atomic E-state index is 13.3. The van der Waals surface area contributed by atoms with Gasteiger partial charge in [-0.05, 0) is 31.0 Å². The number of ketones is 1. The lowest BCUT2D eigenvalue weighted by molar-refractivity contribution is -0.129. The van der Waals surface area contributed by atoms with Crippen molar-refractivity contribution in [2.24, 2.45) is 0 Å². The average molecular weight is 436 g/mol. The summed E-state index contributed by atoms with van der Waals surface area (Å²) in [4.78, 5) is 31.9. The Morgan fingerprint density at radius 3 is 2.45 bits per heavy atom. The molecule has 0 bridgehead atoms. The van der Waals surface area contributed by atoms with Crippen molar-refractivity contribution in [1.29, 1.82) is 0 Å². The molecule has 3 aromatic rings. The Bertz CT molecular complexity index is 1120. The predicted octanol–water partition coefficient (Wildman–Crippen LogP) is 4.51. The number of aryl methyl sites for hydroxylation is 2. The normalized spacial score (nSPS) is 16.3. The van der Waals surface area contributed by atoms with Crippen LogP contribution in [0.15, 0.2) is 78.6 Å². The van der Waals surface area contributed by atoms with Crippen molar-refractivity contribution in [3.05, 3.63) is 100 Å². The molecule has 1 amide bonds. The Morgan fingerprint density at radius 1 is 1.10 bits per heavy atom. The number of aromatic nitrogens is 2. The lowest BCUT2D eigenvalue weighted by atomic mass is 9.92. The van der Waals surface area contributed by atoms with Crippen molar-refractivity contribution in [3.63, 3.8) is 0 Å². The number of amides is 1. The molecule has 0 aliphatic carbocycles. The molecular formula is C24H22ClN3O3. The van der Waals surface area contributed by atoms with Crippen molar-refractivity contribution in [2.45, 2.75) is 25.9 Å². The molecule has 6 nitrogen and oxygen atoms in total. The molecule has 7 heteroatoms. The van der Waals surface area contributed by atoms with Crippen LogP contribution in [-0.4, -0.2) is 37.8 Å². The van der Waals surface area contributed by atoms with Gasteiger partial charge in [0.15, 0.2) is 11.5 Å². The Labute approximate surface area is 185 Å². The molecule has 158 valence electrons. The molecule has 1 aliphatic heterocycles. The van der Waals surface area contributed by atoms with Crippen molar-refractivity contribution >= 4 is 23.3 Å². The second-order valence-corrected chi connectivity index (χ2v) is 8.00. The van der Waals surface area contributed by atoms with E-state index in [1.807, 2.05) is 29.8 Å². The molecule has 0 spiro atoms. The second-order valence-electron chi connectivity index (χ2n) is 7.56. The van der Waals surface area contributed by atoms with Crippen LogP contribution in [0.1, 0.15) is 33.9 Å². The highest BCUT2D eigenvalue weighted by Crippen LogP contribution is 2.39. The number of hydrogen-bond donors (Lipinski definition) is 1. The van der Waals surface area contributed by atoms with E-state index in [9.17, 15) is 14.7 Å². The van der Waals surface area contributed by atoms with Crippen molar-refractivity contribution in [3.8, 4) is 0 Å². The maximum absolute atomic E-state index is 13.3. The van der Waals surface area contributed by atoms with E-state index >= 15 is 0 Å². The summed E-state index contributed by atoms with van der Waals surface area (Å²) in [6.45, 7) is 2.97. The van der Waals surface area contributed by atoms with E-state index in [1.54, 1.807) is 53.8 Å². The molecule has 31 heavy (non-hydrogen) atoms. The van der Waals surface area contributed by atoms with Gasteiger partial charge in [0.25, 0.3) is 5.91 Å². The summed E-state index contributed by atoms with van der Waals surface area (Å²) < 4.78 is 1.92. The number of Topliss-reactive ketones (excluding diaryl/α,β-unsaturated/α-hetero) is 1. The van der Waals surface area contributed by atoms with Crippen molar-refractivity contribution in [2.75, 3.05) is 6.54 Å². The second kappa shape index (κ2) is 8.78. The molecule has 2 heterocycles. The van der Waals surface area contributed by atoms with E-state index in [-0.39, 0.29) is 11.4 Å². The zero-order valence-corrected chi connectivity index (χ0v) is 17.8. The van der Waals surface area contributed by atoms with Crippen LogP contribution in [0.4, 0.5) is 0 Å². The molecule has 0 radical (unpaired) electrons. The Kier molecular flexibility index (Phi) is 5.91. The zero-order valence-electron chi connectivity index (χ0n) is 17.0. The predicted molar refractivity (Wildman–Crippen MR) is 118 cm³/mol. The number of carbonyl (C=O) groups excluding carboxylic acids is 2. The molecular weight excluding hydrogens is 414 g/mol. The number of imidazole rings is 1. The van der Waals surface area contributed by atoms with Gasteiger partial charge in [-0.25, -0.2) is 4.98 Å². The fourth-order valence-electron chi connectivity index (χ4n) is 3.81. The summed E-state index contributed by atoms with van der Waals surface area (Å²) in [5.74, 6) is -1.39. The lowest BCUT2D eigenvalue weighted by Gasteiger charge is -2.27. The Balaban J connectivity index is 1.67. The van der Waals surface area contributed by atoms with Crippen LogP contribution in [0.25, 0.3) is 0 Å². The minimum Gasteiger partial charge on any atom is -0.503 e. The molecule has 0 saturated heterocycles. The minimum atomic E-state index is -0.679. The Morgan fingerprint density at radius 2 is 1.81 bits per heavy atom. The van der Waals surface area contributed by atoms with Gasteiger partial charge in [0.1, 0.15) is 0 Å². The SMILES string of the molecule is Cc1ccc(C(=O)C2=C(O)C(=O)N(CCCn3ccnc3)C2c2ccc(Cl)cc2)cc1. The first-order chi connectivity index (χ1) is 15.0. The van der Waals surface area contributed by atoms with Gasteiger partial charge in [0.05, 0.1) is 17.9 Å². The summed E-state index contributed by atoms with van der Waals surface area (Å²) in [5, 5.41) is 11.3. The summed E-state index contributed by atoms with van der Waals surface area (Å²) >= 11 is 6.04. The van der Waals surface area contributed by atoms with Gasteiger partial charge in [0, 0.05) is 36.1 Å². The zero-order chi connectivity index (χ0) is 22.0.